The Morgan fingerprint density at radius 1 is 1.22 bits per heavy atom. The number of halogens is 4. The van der Waals surface area contributed by atoms with Gasteiger partial charge in [0.15, 0.2) is 5.82 Å². The van der Waals surface area contributed by atoms with Gasteiger partial charge in [-0.3, -0.25) is 9.69 Å². The van der Waals surface area contributed by atoms with E-state index in [2.05, 4.69) is 20.4 Å². The number of nitrogens with zero attached hydrogens (tertiary/aromatic N) is 5. The molecule has 0 radical (unpaired) electrons. The lowest BCUT2D eigenvalue weighted by molar-refractivity contribution is -0.136. The van der Waals surface area contributed by atoms with E-state index < -0.39 is 35.4 Å². The van der Waals surface area contributed by atoms with Crippen LogP contribution < -0.4 is 15.8 Å². The standard InChI is InChI=1S/C24H27F4N7O2/c1-37-23-15(22(36)33-18-11-34(10-17(18)25)9-13-4-2-3-5-13)6-14(8-30-23)19-7-16(24(26,27)28)20-21(29)31-12-32-35(19)20/h6-8,12-13,17-18H,2-5,9-11H2,1H3,(H,33,36)(H2,29,31,32). The molecule has 0 spiro atoms. The van der Waals surface area contributed by atoms with Crippen molar-refractivity contribution in [2.75, 3.05) is 32.5 Å². The lowest BCUT2D eigenvalue weighted by atomic mass is 10.1. The maximum atomic E-state index is 14.8. The summed E-state index contributed by atoms with van der Waals surface area (Å²) in [5.74, 6) is -0.458. The highest BCUT2D eigenvalue weighted by atomic mass is 19.4. The van der Waals surface area contributed by atoms with Gasteiger partial charge in [0.25, 0.3) is 5.91 Å². The van der Waals surface area contributed by atoms with Gasteiger partial charge in [-0.25, -0.2) is 18.9 Å². The van der Waals surface area contributed by atoms with Crippen LogP contribution in [0.15, 0.2) is 24.7 Å². The zero-order valence-corrected chi connectivity index (χ0v) is 20.1. The summed E-state index contributed by atoms with van der Waals surface area (Å²) >= 11 is 0. The number of carbonyl (C=O) groups is 1. The molecule has 0 bridgehead atoms. The van der Waals surface area contributed by atoms with Crippen molar-refractivity contribution in [1.29, 1.82) is 0 Å². The normalized spacial score (nSPS) is 21.1. The number of pyridine rings is 1. The third-order valence-corrected chi connectivity index (χ3v) is 7.10. The van der Waals surface area contributed by atoms with Gasteiger partial charge in [0.05, 0.1) is 24.4 Å². The number of nitrogens with one attached hydrogen (secondary N) is 1. The second-order valence-electron chi connectivity index (χ2n) is 9.59. The Bertz CT molecular complexity index is 1310. The fraction of sp³-hybridized carbons (Fsp3) is 0.500. The summed E-state index contributed by atoms with van der Waals surface area (Å²) in [6.07, 6.45) is 1.02. The van der Waals surface area contributed by atoms with Crippen molar-refractivity contribution >= 4 is 17.2 Å². The number of fused-ring (bicyclic) bond motifs is 1. The number of amides is 1. The van der Waals surface area contributed by atoms with Crippen molar-refractivity contribution in [2.45, 2.75) is 44.1 Å². The molecule has 37 heavy (non-hydrogen) atoms. The molecule has 5 rings (SSSR count). The van der Waals surface area contributed by atoms with Crippen molar-refractivity contribution in [3.05, 3.63) is 35.8 Å². The molecular formula is C24H27F4N7O2. The molecule has 2 fully saturated rings. The molecule has 3 aromatic rings. The van der Waals surface area contributed by atoms with Gasteiger partial charge in [0.1, 0.15) is 23.6 Å². The van der Waals surface area contributed by atoms with E-state index in [4.69, 9.17) is 10.5 Å². The first-order valence-corrected chi connectivity index (χ1v) is 12.1. The summed E-state index contributed by atoms with van der Waals surface area (Å²) in [7, 11) is 1.32. The Kier molecular flexibility index (Phi) is 6.65. The number of nitrogens with two attached hydrogens (primary N) is 1. The summed E-state index contributed by atoms with van der Waals surface area (Å²) in [5.41, 5.74) is 4.44. The third kappa shape index (κ3) is 4.91. The minimum atomic E-state index is -4.72. The van der Waals surface area contributed by atoms with Crippen molar-refractivity contribution < 1.29 is 27.1 Å². The van der Waals surface area contributed by atoms with E-state index in [1.165, 1.54) is 32.2 Å². The number of ether oxygens (including phenoxy) is 1. The Balaban J connectivity index is 1.43. The summed E-state index contributed by atoms with van der Waals surface area (Å²) in [6, 6.07) is 1.50. The van der Waals surface area contributed by atoms with Crippen LogP contribution in [0.2, 0.25) is 0 Å². The highest BCUT2D eigenvalue weighted by molar-refractivity contribution is 5.98. The second-order valence-corrected chi connectivity index (χ2v) is 9.59. The third-order valence-electron chi connectivity index (χ3n) is 7.10. The van der Waals surface area contributed by atoms with Crippen LogP contribution in [-0.2, 0) is 6.18 Å². The topological polar surface area (TPSA) is 111 Å². The number of likely N-dealkylation sites (tertiary alicyclic amines) is 1. The number of aromatic nitrogens is 4. The van der Waals surface area contributed by atoms with Gasteiger partial charge in [-0.15, -0.1) is 0 Å². The molecule has 198 valence electrons. The minimum absolute atomic E-state index is 0.00704. The summed E-state index contributed by atoms with van der Waals surface area (Å²) in [5, 5.41) is 6.64. The predicted octanol–water partition coefficient (Wildman–Crippen LogP) is 3.34. The fourth-order valence-electron chi connectivity index (χ4n) is 5.34. The van der Waals surface area contributed by atoms with Gasteiger partial charge in [0, 0.05) is 31.4 Å². The van der Waals surface area contributed by atoms with E-state index in [-0.39, 0.29) is 35.1 Å². The minimum Gasteiger partial charge on any atom is -0.480 e. The van der Waals surface area contributed by atoms with Gasteiger partial charge in [-0.05, 0) is 30.9 Å². The van der Waals surface area contributed by atoms with Crippen LogP contribution in [0.3, 0.4) is 0 Å². The summed E-state index contributed by atoms with van der Waals surface area (Å²) in [6.45, 7) is 1.43. The van der Waals surface area contributed by atoms with E-state index in [0.717, 1.165) is 36.3 Å². The fourth-order valence-corrected chi connectivity index (χ4v) is 5.34. The molecule has 4 heterocycles. The van der Waals surface area contributed by atoms with E-state index in [1.54, 1.807) is 0 Å². The number of anilines is 1. The maximum Gasteiger partial charge on any atom is 0.418 e. The van der Waals surface area contributed by atoms with Gasteiger partial charge < -0.3 is 15.8 Å². The first-order valence-electron chi connectivity index (χ1n) is 12.1. The Morgan fingerprint density at radius 3 is 2.68 bits per heavy atom. The van der Waals surface area contributed by atoms with Crippen LogP contribution in [0.5, 0.6) is 5.88 Å². The van der Waals surface area contributed by atoms with Crippen molar-refractivity contribution in [3.8, 4) is 17.1 Å². The van der Waals surface area contributed by atoms with Gasteiger partial charge in [0.2, 0.25) is 5.88 Å². The molecule has 1 saturated heterocycles. The van der Waals surface area contributed by atoms with Crippen LogP contribution in [0.25, 0.3) is 16.8 Å². The van der Waals surface area contributed by atoms with Gasteiger partial charge in [-0.2, -0.15) is 18.3 Å². The van der Waals surface area contributed by atoms with E-state index in [1.807, 2.05) is 4.90 Å². The molecule has 2 atom stereocenters. The quantitative estimate of drug-likeness (QED) is 0.479. The smallest absolute Gasteiger partial charge is 0.418 e. The lowest BCUT2D eigenvalue weighted by Crippen LogP contribution is -2.41. The predicted molar refractivity (Wildman–Crippen MR) is 127 cm³/mol. The molecule has 3 aromatic heterocycles. The molecule has 2 unspecified atom stereocenters. The van der Waals surface area contributed by atoms with Gasteiger partial charge >= 0.3 is 6.18 Å². The monoisotopic (exact) mass is 521 g/mol. The maximum absolute atomic E-state index is 14.8. The molecular weight excluding hydrogens is 494 g/mol. The van der Waals surface area contributed by atoms with Crippen LogP contribution in [0.1, 0.15) is 41.6 Å². The van der Waals surface area contributed by atoms with E-state index in [9.17, 15) is 22.4 Å². The number of methoxy groups -OCH3 is 1. The number of rotatable bonds is 6. The summed E-state index contributed by atoms with van der Waals surface area (Å²) < 4.78 is 62.2. The van der Waals surface area contributed by atoms with E-state index in [0.29, 0.717) is 12.5 Å². The molecule has 1 saturated carbocycles. The van der Waals surface area contributed by atoms with Crippen LogP contribution >= 0.6 is 0 Å². The highest BCUT2D eigenvalue weighted by Crippen LogP contribution is 2.39. The first kappa shape index (κ1) is 25.2. The molecule has 0 aromatic carbocycles. The number of alkyl halides is 4. The van der Waals surface area contributed by atoms with Crippen molar-refractivity contribution in [3.63, 3.8) is 0 Å². The van der Waals surface area contributed by atoms with Crippen LogP contribution in [0, 0.1) is 5.92 Å². The molecule has 1 amide bonds. The second kappa shape index (κ2) is 9.77. The number of carbonyl (C=O) groups excluding carboxylic acids is 1. The Labute approximate surface area is 210 Å². The molecule has 2 aliphatic rings. The van der Waals surface area contributed by atoms with E-state index >= 15 is 0 Å². The Hall–Kier alpha value is -3.48. The first-order chi connectivity index (χ1) is 17.7. The SMILES string of the molecule is COc1ncc(-c2cc(C(F)(F)F)c3c(N)ncnn23)cc1C(=O)NC1CN(CC2CCCC2)CC1F. The van der Waals surface area contributed by atoms with Crippen molar-refractivity contribution in [2.24, 2.45) is 5.92 Å². The van der Waals surface area contributed by atoms with Gasteiger partial charge in [-0.1, -0.05) is 12.8 Å². The zero-order valence-electron chi connectivity index (χ0n) is 20.1. The number of nitrogen functional groups attached to an aromatic ring is 1. The molecule has 13 heteroatoms. The average Bonchev–Trinajstić information content (AvgIpc) is 3.58. The Morgan fingerprint density at radius 2 is 1.97 bits per heavy atom. The summed E-state index contributed by atoms with van der Waals surface area (Å²) in [4.78, 5) is 23.0. The molecule has 1 aliphatic carbocycles. The zero-order chi connectivity index (χ0) is 26.3. The highest BCUT2D eigenvalue weighted by Gasteiger charge is 2.38. The largest absolute Gasteiger partial charge is 0.480 e. The van der Waals surface area contributed by atoms with Crippen LogP contribution in [-0.4, -0.2) is 69.3 Å². The van der Waals surface area contributed by atoms with Crippen LogP contribution in [0.4, 0.5) is 23.4 Å². The number of hydrogen-bond donors (Lipinski definition) is 2. The lowest BCUT2D eigenvalue weighted by Gasteiger charge is -2.20. The average molecular weight is 522 g/mol. The van der Waals surface area contributed by atoms with Crippen molar-refractivity contribution in [1.82, 2.24) is 29.8 Å². The molecule has 3 N–H and O–H groups in total. The number of hydrogen-bond acceptors (Lipinski definition) is 7. The molecule has 9 nitrogen and oxygen atoms in total. The molecule has 1 aliphatic heterocycles.